The molecular weight excluding hydrogens is 245 g/mol. The van der Waals surface area contributed by atoms with E-state index < -0.39 is 0 Å². The van der Waals surface area contributed by atoms with Crippen LogP contribution >= 0.6 is 0 Å². The Bertz CT molecular complexity index is 562. The minimum atomic E-state index is -0.259. The van der Waals surface area contributed by atoms with Crippen molar-refractivity contribution in [1.29, 1.82) is 0 Å². The molecule has 1 saturated heterocycles. The first-order valence-electron chi connectivity index (χ1n) is 6.35. The van der Waals surface area contributed by atoms with Gasteiger partial charge in [-0.3, -0.25) is 4.79 Å². The van der Waals surface area contributed by atoms with Crippen LogP contribution in [-0.2, 0) is 0 Å². The minimum absolute atomic E-state index is 0.0122. The lowest BCUT2D eigenvalue weighted by Crippen LogP contribution is -2.30. The van der Waals surface area contributed by atoms with E-state index in [1.165, 1.54) is 18.4 Å². The van der Waals surface area contributed by atoms with E-state index in [4.69, 9.17) is 4.42 Å². The fourth-order valence-electron chi connectivity index (χ4n) is 2.58. The summed E-state index contributed by atoms with van der Waals surface area (Å²) in [6.07, 6.45) is 3.35. The van der Waals surface area contributed by atoms with Gasteiger partial charge < -0.3 is 9.32 Å². The maximum absolute atomic E-state index is 13.0. The van der Waals surface area contributed by atoms with E-state index in [2.05, 4.69) is 0 Å². The number of amides is 1. The molecule has 98 valence electrons. The van der Waals surface area contributed by atoms with E-state index in [0.717, 1.165) is 18.4 Å². The quantitative estimate of drug-likeness (QED) is 0.828. The van der Waals surface area contributed by atoms with Gasteiger partial charge in [0.25, 0.3) is 5.91 Å². The summed E-state index contributed by atoms with van der Waals surface area (Å²) in [5.74, 6) is -0.00325. The van der Waals surface area contributed by atoms with Crippen LogP contribution in [-0.4, -0.2) is 17.4 Å². The van der Waals surface area contributed by atoms with E-state index in [-0.39, 0.29) is 17.8 Å². The monoisotopic (exact) mass is 259 g/mol. The molecule has 0 aliphatic carbocycles. The molecule has 1 aliphatic heterocycles. The summed E-state index contributed by atoms with van der Waals surface area (Å²) in [6, 6.07) is 9.74. The largest absolute Gasteiger partial charge is 0.459 e. The molecule has 3 nitrogen and oxygen atoms in total. The van der Waals surface area contributed by atoms with Gasteiger partial charge in [0.1, 0.15) is 5.82 Å². The molecule has 0 unspecified atom stereocenters. The van der Waals surface area contributed by atoms with Crippen LogP contribution in [0.25, 0.3) is 0 Å². The third-order valence-electron chi connectivity index (χ3n) is 3.50. The summed E-state index contributed by atoms with van der Waals surface area (Å²) in [6.45, 7) is 0.710. The van der Waals surface area contributed by atoms with Gasteiger partial charge in [0.05, 0.1) is 12.3 Å². The van der Waals surface area contributed by atoms with E-state index in [9.17, 15) is 9.18 Å². The van der Waals surface area contributed by atoms with Crippen molar-refractivity contribution in [2.24, 2.45) is 0 Å². The van der Waals surface area contributed by atoms with E-state index >= 15 is 0 Å². The third kappa shape index (κ3) is 2.26. The molecule has 1 fully saturated rings. The lowest BCUT2D eigenvalue weighted by Gasteiger charge is -2.24. The molecule has 1 aromatic carbocycles. The van der Waals surface area contributed by atoms with Gasteiger partial charge in [-0.05, 0) is 42.7 Å². The van der Waals surface area contributed by atoms with Crippen molar-refractivity contribution in [2.75, 3.05) is 6.54 Å². The van der Waals surface area contributed by atoms with Crippen LogP contribution in [0, 0.1) is 5.82 Å². The fraction of sp³-hybridized carbons (Fsp3) is 0.267. The maximum atomic E-state index is 13.0. The highest BCUT2D eigenvalue weighted by Crippen LogP contribution is 2.33. The summed E-state index contributed by atoms with van der Waals surface area (Å²) >= 11 is 0. The molecule has 0 spiro atoms. The smallest absolute Gasteiger partial charge is 0.290 e. The highest BCUT2D eigenvalue weighted by molar-refractivity contribution is 5.91. The SMILES string of the molecule is O=C(c1ccco1)N1CCC[C@@H]1c1ccc(F)cc1. The van der Waals surface area contributed by atoms with Crippen molar-refractivity contribution in [1.82, 2.24) is 4.90 Å². The Morgan fingerprint density at radius 2 is 2.05 bits per heavy atom. The van der Waals surface area contributed by atoms with Crippen molar-refractivity contribution in [2.45, 2.75) is 18.9 Å². The number of rotatable bonds is 2. The molecule has 3 rings (SSSR count). The molecule has 1 amide bonds. The average molecular weight is 259 g/mol. The zero-order valence-electron chi connectivity index (χ0n) is 10.4. The molecule has 1 aliphatic rings. The summed E-state index contributed by atoms with van der Waals surface area (Å²) < 4.78 is 18.1. The Morgan fingerprint density at radius 1 is 1.26 bits per heavy atom. The molecule has 0 bridgehead atoms. The van der Waals surface area contributed by atoms with Gasteiger partial charge in [0, 0.05) is 6.54 Å². The fourth-order valence-corrected chi connectivity index (χ4v) is 2.58. The van der Waals surface area contributed by atoms with Crippen LogP contribution in [0.2, 0.25) is 0 Å². The van der Waals surface area contributed by atoms with Gasteiger partial charge >= 0.3 is 0 Å². The number of benzene rings is 1. The first kappa shape index (κ1) is 12.0. The predicted octanol–water partition coefficient (Wildman–Crippen LogP) is 3.40. The topological polar surface area (TPSA) is 33.5 Å². The lowest BCUT2D eigenvalue weighted by molar-refractivity contribution is 0.0703. The number of carbonyl (C=O) groups excluding carboxylic acids is 1. The Morgan fingerprint density at radius 3 is 2.74 bits per heavy atom. The Labute approximate surface area is 110 Å². The van der Waals surface area contributed by atoms with Crippen molar-refractivity contribution in [3.05, 3.63) is 59.8 Å². The first-order chi connectivity index (χ1) is 9.25. The summed E-state index contributed by atoms with van der Waals surface area (Å²) in [7, 11) is 0. The van der Waals surface area contributed by atoms with Gasteiger partial charge in [-0.1, -0.05) is 12.1 Å². The summed E-state index contributed by atoms with van der Waals surface area (Å²) in [5.41, 5.74) is 0.971. The second-order valence-electron chi connectivity index (χ2n) is 4.69. The van der Waals surface area contributed by atoms with E-state index in [1.807, 2.05) is 0 Å². The van der Waals surface area contributed by atoms with Crippen LogP contribution in [0.1, 0.15) is 35.0 Å². The Balaban J connectivity index is 1.85. The van der Waals surface area contributed by atoms with Gasteiger partial charge in [-0.15, -0.1) is 0 Å². The van der Waals surface area contributed by atoms with Gasteiger partial charge in [-0.2, -0.15) is 0 Å². The van der Waals surface area contributed by atoms with Crippen LogP contribution in [0.4, 0.5) is 4.39 Å². The summed E-state index contributed by atoms with van der Waals surface area (Å²) in [4.78, 5) is 14.1. The van der Waals surface area contributed by atoms with Gasteiger partial charge in [0.2, 0.25) is 0 Å². The third-order valence-corrected chi connectivity index (χ3v) is 3.50. The number of hydrogen-bond donors (Lipinski definition) is 0. The minimum Gasteiger partial charge on any atom is -0.459 e. The second-order valence-corrected chi connectivity index (χ2v) is 4.69. The average Bonchev–Trinajstić information content (AvgIpc) is 3.10. The molecule has 2 aromatic rings. The predicted molar refractivity (Wildman–Crippen MR) is 68.1 cm³/mol. The van der Waals surface area contributed by atoms with Crippen molar-refractivity contribution in [3.63, 3.8) is 0 Å². The molecule has 4 heteroatoms. The molecule has 0 radical (unpaired) electrons. The molecule has 1 aromatic heterocycles. The highest BCUT2D eigenvalue weighted by atomic mass is 19.1. The van der Waals surface area contributed by atoms with Crippen LogP contribution in [0.3, 0.4) is 0 Å². The van der Waals surface area contributed by atoms with E-state index in [0.29, 0.717) is 12.3 Å². The molecular formula is C15H14FNO2. The number of furan rings is 1. The number of likely N-dealkylation sites (tertiary alicyclic amines) is 1. The zero-order chi connectivity index (χ0) is 13.2. The zero-order valence-corrected chi connectivity index (χ0v) is 10.4. The Hall–Kier alpha value is -2.10. The molecule has 2 heterocycles. The first-order valence-corrected chi connectivity index (χ1v) is 6.35. The number of hydrogen-bond acceptors (Lipinski definition) is 2. The maximum Gasteiger partial charge on any atom is 0.290 e. The van der Waals surface area contributed by atoms with Crippen LogP contribution < -0.4 is 0 Å². The standard InChI is InChI=1S/C15H14FNO2/c16-12-7-5-11(6-8-12)13-3-1-9-17(13)15(18)14-4-2-10-19-14/h2,4-8,10,13H,1,3,9H2/t13-/m1/s1. The molecule has 0 N–H and O–H groups in total. The number of halogens is 1. The van der Waals surface area contributed by atoms with Crippen molar-refractivity contribution < 1.29 is 13.6 Å². The van der Waals surface area contributed by atoms with Gasteiger partial charge in [0.15, 0.2) is 5.76 Å². The van der Waals surface area contributed by atoms with Crippen LogP contribution in [0.5, 0.6) is 0 Å². The molecule has 0 saturated carbocycles. The second kappa shape index (κ2) is 4.88. The van der Waals surface area contributed by atoms with E-state index in [1.54, 1.807) is 29.2 Å². The normalized spacial score (nSPS) is 18.8. The Kier molecular flexibility index (Phi) is 3.07. The lowest BCUT2D eigenvalue weighted by atomic mass is 10.0. The number of carbonyl (C=O) groups is 1. The molecule has 1 atom stereocenters. The van der Waals surface area contributed by atoms with Gasteiger partial charge in [-0.25, -0.2) is 4.39 Å². The van der Waals surface area contributed by atoms with Crippen molar-refractivity contribution >= 4 is 5.91 Å². The highest BCUT2D eigenvalue weighted by Gasteiger charge is 2.31. The van der Waals surface area contributed by atoms with Crippen molar-refractivity contribution in [3.8, 4) is 0 Å². The summed E-state index contributed by atoms with van der Waals surface area (Å²) in [5, 5.41) is 0. The van der Waals surface area contributed by atoms with Crippen LogP contribution in [0.15, 0.2) is 47.1 Å². The molecule has 19 heavy (non-hydrogen) atoms. The number of nitrogens with zero attached hydrogens (tertiary/aromatic N) is 1.